The van der Waals surface area contributed by atoms with Crippen molar-refractivity contribution in [1.82, 2.24) is 5.16 Å². The number of aromatic carboxylic acids is 1. The Kier molecular flexibility index (Phi) is 2.73. The van der Waals surface area contributed by atoms with Gasteiger partial charge in [-0.05, 0) is 0 Å². The number of rotatable bonds is 1. The summed E-state index contributed by atoms with van der Waals surface area (Å²) in [4.78, 5) is 9.96. The van der Waals surface area contributed by atoms with Gasteiger partial charge in [0.2, 0.25) is 0 Å². The third kappa shape index (κ3) is 1.73. The molecule has 0 amide bonds. The first-order valence-corrected chi connectivity index (χ1v) is 1.93. The van der Waals surface area contributed by atoms with Crippen LogP contribution in [0.15, 0.2) is 17.0 Å². The molecule has 4 nitrogen and oxygen atoms in total. The standard InChI is InChI=1S/C4H3NO3.ClH/c6-4(7)3-1-5-8-2-3;/h1-2H,(H,6,7);1H. The average Bonchev–Trinajstić information content (AvgIpc) is 2.12. The molecule has 1 rings (SSSR count). The zero-order valence-electron chi connectivity index (χ0n) is 4.27. The van der Waals surface area contributed by atoms with Crippen LogP contribution in [0.25, 0.3) is 0 Å². The third-order valence-electron chi connectivity index (χ3n) is 0.679. The fourth-order valence-corrected chi connectivity index (χ4v) is 0.310. The maximum atomic E-state index is 9.96. The summed E-state index contributed by atoms with van der Waals surface area (Å²) in [6.45, 7) is 0. The predicted octanol–water partition coefficient (Wildman–Crippen LogP) is 0.795. The molecule has 50 valence electrons. The first-order valence-electron chi connectivity index (χ1n) is 1.93. The van der Waals surface area contributed by atoms with Crippen molar-refractivity contribution < 1.29 is 14.4 Å². The van der Waals surface area contributed by atoms with Gasteiger partial charge in [0.25, 0.3) is 0 Å². The van der Waals surface area contributed by atoms with E-state index in [1.165, 1.54) is 0 Å². The van der Waals surface area contributed by atoms with Gasteiger partial charge >= 0.3 is 5.97 Å². The molecule has 1 aromatic heterocycles. The van der Waals surface area contributed by atoms with E-state index in [1.54, 1.807) is 0 Å². The van der Waals surface area contributed by atoms with Crippen LogP contribution in [-0.2, 0) is 0 Å². The lowest BCUT2D eigenvalue weighted by atomic mass is 10.4. The Labute approximate surface area is 56.9 Å². The number of carbonyl (C=O) groups is 1. The summed E-state index contributed by atoms with van der Waals surface area (Å²) in [7, 11) is 0. The van der Waals surface area contributed by atoms with Crippen LogP contribution < -0.4 is 0 Å². The van der Waals surface area contributed by atoms with Gasteiger partial charge in [-0.3, -0.25) is 0 Å². The highest BCUT2D eigenvalue weighted by Crippen LogP contribution is 1.93. The molecule has 1 N–H and O–H groups in total. The average molecular weight is 150 g/mol. The van der Waals surface area contributed by atoms with Gasteiger partial charge in [-0.2, -0.15) is 0 Å². The first-order chi connectivity index (χ1) is 3.80. The van der Waals surface area contributed by atoms with Crippen molar-refractivity contribution in [2.24, 2.45) is 0 Å². The van der Waals surface area contributed by atoms with Crippen LogP contribution in [0.3, 0.4) is 0 Å². The molecule has 0 saturated carbocycles. The molecule has 0 aliphatic heterocycles. The molecule has 9 heavy (non-hydrogen) atoms. The molecule has 0 aromatic carbocycles. The van der Waals surface area contributed by atoms with Crippen molar-refractivity contribution in [3.05, 3.63) is 18.0 Å². The Balaban J connectivity index is 0.000000640. The minimum atomic E-state index is -1.02. The van der Waals surface area contributed by atoms with E-state index in [2.05, 4.69) is 9.68 Å². The monoisotopic (exact) mass is 149 g/mol. The van der Waals surface area contributed by atoms with Crippen LogP contribution in [0.5, 0.6) is 0 Å². The molecule has 0 saturated heterocycles. The minimum Gasteiger partial charge on any atom is -0.478 e. The molecule has 5 heteroatoms. The number of carboxylic acid groups (broad SMARTS) is 1. The molecule has 0 unspecified atom stereocenters. The van der Waals surface area contributed by atoms with Gasteiger partial charge in [0.15, 0.2) is 0 Å². The molecule has 0 atom stereocenters. The predicted molar refractivity (Wildman–Crippen MR) is 30.7 cm³/mol. The van der Waals surface area contributed by atoms with Crippen molar-refractivity contribution >= 4 is 18.4 Å². The van der Waals surface area contributed by atoms with Crippen molar-refractivity contribution in [1.29, 1.82) is 0 Å². The molecule has 0 spiro atoms. The van der Waals surface area contributed by atoms with Gasteiger partial charge < -0.3 is 9.63 Å². The van der Waals surface area contributed by atoms with Gasteiger partial charge in [0.1, 0.15) is 11.8 Å². The second-order valence-electron chi connectivity index (χ2n) is 1.22. The quantitative estimate of drug-likeness (QED) is 0.641. The smallest absolute Gasteiger partial charge is 0.340 e. The van der Waals surface area contributed by atoms with Crippen molar-refractivity contribution in [3.63, 3.8) is 0 Å². The van der Waals surface area contributed by atoms with E-state index < -0.39 is 5.97 Å². The molecule has 0 aliphatic rings. The Morgan fingerprint density at radius 3 is 2.67 bits per heavy atom. The van der Waals surface area contributed by atoms with Crippen molar-refractivity contribution in [2.75, 3.05) is 0 Å². The van der Waals surface area contributed by atoms with Crippen LogP contribution >= 0.6 is 12.4 Å². The van der Waals surface area contributed by atoms with Crippen LogP contribution in [-0.4, -0.2) is 16.2 Å². The summed E-state index contributed by atoms with van der Waals surface area (Å²) in [6, 6.07) is 0. The largest absolute Gasteiger partial charge is 0.478 e. The molecule has 0 bridgehead atoms. The topological polar surface area (TPSA) is 63.3 Å². The zero-order chi connectivity index (χ0) is 5.98. The summed E-state index contributed by atoms with van der Waals surface area (Å²) in [5.41, 5.74) is 0.0741. The van der Waals surface area contributed by atoms with Crippen LogP contribution in [0.1, 0.15) is 10.4 Å². The lowest BCUT2D eigenvalue weighted by Crippen LogP contribution is -1.91. The molecular formula is C4H4ClNO3. The maximum Gasteiger partial charge on any atom is 0.340 e. The highest BCUT2D eigenvalue weighted by atomic mass is 35.5. The van der Waals surface area contributed by atoms with Gasteiger partial charge in [-0.15, -0.1) is 12.4 Å². The van der Waals surface area contributed by atoms with Gasteiger partial charge in [-0.1, -0.05) is 5.16 Å². The summed E-state index contributed by atoms with van der Waals surface area (Å²) in [5.74, 6) is -1.02. The molecular weight excluding hydrogens is 146 g/mol. The Bertz CT molecular complexity index is 184. The minimum absolute atomic E-state index is 0. The molecule has 0 fully saturated rings. The van der Waals surface area contributed by atoms with Gasteiger partial charge in [0, 0.05) is 0 Å². The fourth-order valence-electron chi connectivity index (χ4n) is 0.310. The Morgan fingerprint density at radius 1 is 1.78 bits per heavy atom. The molecule has 0 aliphatic carbocycles. The lowest BCUT2D eigenvalue weighted by Gasteiger charge is -1.75. The van der Waals surface area contributed by atoms with Crippen molar-refractivity contribution in [2.45, 2.75) is 0 Å². The summed E-state index contributed by atoms with van der Waals surface area (Å²) < 4.78 is 4.24. The highest BCUT2D eigenvalue weighted by molar-refractivity contribution is 5.86. The second kappa shape index (κ2) is 3.09. The zero-order valence-corrected chi connectivity index (χ0v) is 5.09. The van der Waals surface area contributed by atoms with Crippen molar-refractivity contribution in [3.8, 4) is 0 Å². The van der Waals surface area contributed by atoms with Crippen LogP contribution in [0, 0.1) is 0 Å². The number of hydrogen-bond donors (Lipinski definition) is 1. The summed E-state index contributed by atoms with van der Waals surface area (Å²) >= 11 is 0. The molecule has 0 radical (unpaired) electrons. The van der Waals surface area contributed by atoms with E-state index in [0.29, 0.717) is 0 Å². The number of nitrogens with zero attached hydrogens (tertiary/aromatic N) is 1. The van der Waals surface area contributed by atoms with Crippen LogP contribution in [0.4, 0.5) is 0 Å². The van der Waals surface area contributed by atoms with Crippen LogP contribution in [0.2, 0.25) is 0 Å². The normalized spacial score (nSPS) is 8.00. The van der Waals surface area contributed by atoms with E-state index in [1.807, 2.05) is 0 Å². The maximum absolute atomic E-state index is 9.96. The fraction of sp³-hybridized carbons (Fsp3) is 0. The van der Waals surface area contributed by atoms with E-state index in [9.17, 15) is 4.79 Å². The van der Waals surface area contributed by atoms with E-state index in [4.69, 9.17) is 5.11 Å². The highest BCUT2D eigenvalue weighted by Gasteiger charge is 2.01. The number of aromatic nitrogens is 1. The second-order valence-corrected chi connectivity index (χ2v) is 1.22. The van der Waals surface area contributed by atoms with Gasteiger partial charge in [0.05, 0.1) is 6.20 Å². The Morgan fingerprint density at radius 2 is 2.44 bits per heavy atom. The first kappa shape index (κ1) is 7.97. The van der Waals surface area contributed by atoms with E-state index >= 15 is 0 Å². The Hall–Kier alpha value is -1.03. The van der Waals surface area contributed by atoms with E-state index in [0.717, 1.165) is 12.5 Å². The van der Waals surface area contributed by atoms with Gasteiger partial charge in [-0.25, -0.2) is 4.79 Å². The lowest BCUT2D eigenvalue weighted by molar-refractivity contribution is 0.0696. The summed E-state index contributed by atoms with van der Waals surface area (Å²) in [6.07, 6.45) is 2.21. The summed E-state index contributed by atoms with van der Waals surface area (Å²) in [5, 5.41) is 11.4. The number of carboxylic acids is 1. The SMILES string of the molecule is Cl.O=C(O)c1cnoc1. The van der Waals surface area contributed by atoms with E-state index in [-0.39, 0.29) is 18.0 Å². The number of hydrogen-bond acceptors (Lipinski definition) is 3. The molecule has 1 aromatic rings. The third-order valence-corrected chi connectivity index (χ3v) is 0.679. The molecule has 1 heterocycles. The number of halogens is 1.